The lowest BCUT2D eigenvalue weighted by Gasteiger charge is -2.12. The molecular weight excluding hydrogens is 226 g/mol. The molecule has 1 heterocycles. The zero-order valence-electron chi connectivity index (χ0n) is 11.3. The van der Waals surface area contributed by atoms with E-state index >= 15 is 0 Å². The van der Waals surface area contributed by atoms with Gasteiger partial charge in [0.25, 0.3) is 0 Å². The van der Waals surface area contributed by atoms with Gasteiger partial charge in [0.15, 0.2) is 0 Å². The van der Waals surface area contributed by atoms with Gasteiger partial charge in [-0.25, -0.2) is 4.68 Å². The number of nitrogens with zero attached hydrogens (tertiary/aromatic N) is 2. The normalized spacial score (nSPS) is 10.9. The van der Waals surface area contributed by atoms with Gasteiger partial charge in [0.1, 0.15) is 11.4 Å². The number of benzene rings is 1. The van der Waals surface area contributed by atoms with Crippen LogP contribution < -0.4 is 10.5 Å². The molecule has 0 saturated heterocycles. The van der Waals surface area contributed by atoms with Gasteiger partial charge in [0, 0.05) is 0 Å². The molecule has 0 aliphatic heterocycles. The van der Waals surface area contributed by atoms with Crippen molar-refractivity contribution >= 4 is 5.69 Å². The van der Waals surface area contributed by atoms with Gasteiger partial charge in [-0.15, -0.1) is 0 Å². The van der Waals surface area contributed by atoms with Gasteiger partial charge in [-0.2, -0.15) is 5.10 Å². The molecule has 0 fully saturated rings. The second kappa shape index (κ2) is 4.72. The van der Waals surface area contributed by atoms with Crippen molar-refractivity contribution < 1.29 is 4.74 Å². The summed E-state index contributed by atoms with van der Waals surface area (Å²) in [4.78, 5) is 0. The van der Waals surface area contributed by atoms with E-state index in [4.69, 9.17) is 10.5 Å². The maximum absolute atomic E-state index is 6.02. The molecule has 0 atom stereocenters. The Labute approximate surface area is 107 Å². The molecule has 1 aromatic heterocycles. The van der Waals surface area contributed by atoms with E-state index < -0.39 is 0 Å². The van der Waals surface area contributed by atoms with Gasteiger partial charge in [-0.05, 0) is 45.4 Å². The summed E-state index contributed by atoms with van der Waals surface area (Å²) >= 11 is 0. The van der Waals surface area contributed by atoms with E-state index in [1.807, 2.05) is 42.8 Å². The van der Waals surface area contributed by atoms with Crippen molar-refractivity contribution in [2.75, 3.05) is 5.73 Å². The minimum absolute atomic E-state index is 0.209. The molecule has 0 aliphatic carbocycles. The molecule has 1 aromatic carbocycles. The van der Waals surface area contributed by atoms with E-state index in [1.54, 1.807) is 0 Å². The van der Waals surface area contributed by atoms with Crippen molar-refractivity contribution in [1.82, 2.24) is 9.78 Å². The van der Waals surface area contributed by atoms with E-state index in [0.29, 0.717) is 11.6 Å². The van der Waals surface area contributed by atoms with Crippen LogP contribution in [0.4, 0.5) is 5.69 Å². The lowest BCUT2D eigenvalue weighted by Crippen LogP contribution is -2.05. The fourth-order valence-corrected chi connectivity index (χ4v) is 1.78. The summed E-state index contributed by atoms with van der Waals surface area (Å²) in [5.41, 5.74) is 8.57. The van der Waals surface area contributed by atoms with Crippen LogP contribution in [0.5, 0.6) is 11.6 Å². The number of hydrogen-bond acceptors (Lipinski definition) is 3. The highest BCUT2D eigenvalue weighted by Crippen LogP contribution is 2.32. The highest BCUT2D eigenvalue weighted by Gasteiger charge is 2.16. The van der Waals surface area contributed by atoms with Crippen LogP contribution in [-0.2, 0) is 0 Å². The standard InChI is InChI=1S/C14H19N3O/c1-9(2)17-14(13(15)11(4)16-17)18-12-7-5-6-10(3)8-12/h5-9H,15H2,1-4H3. The number of nitrogens with two attached hydrogens (primary N) is 1. The number of ether oxygens (including phenoxy) is 1. The molecule has 0 amide bonds. The fourth-order valence-electron chi connectivity index (χ4n) is 1.78. The SMILES string of the molecule is Cc1cccc(Oc2c(N)c(C)nn2C(C)C)c1. The van der Waals surface area contributed by atoms with E-state index in [2.05, 4.69) is 18.9 Å². The lowest BCUT2D eigenvalue weighted by molar-refractivity contribution is 0.389. The van der Waals surface area contributed by atoms with Crippen molar-refractivity contribution in [3.63, 3.8) is 0 Å². The zero-order chi connectivity index (χ0) is 13.3. The topological polar surface area (TPSA) is 53.1 Å². The van der Waals surface area contributed by atoms with Crippen molar-refractivity contribution in [2.24, 2.45) is 0 Å². The molecule has 2 rings (SSSR count). The minimum Gasteiger partial charge on any atom is -0.437 e. The summed E-state index contributed by atoms with van der Waals surface area (Å²) in [7, 11) is 0. The molecule has 4 heteroatoms. The minimum atomic E-state index is 0.209. The van der Waals surface area contributed by atoms with Crippen LogP contribution in [0, 0.1) is 13.8 Å². The molecule has 4 nitrogen and oxygen atoms in total. The summed E-state index contributed by atoms with van der Waals surface area (Å²) in [6.45, 7) is 8.02. The number of anilines is 1. The predicted molar refractivity (Wildman–Crippen MR) is 73.0 cm³/mol. The fraction of sp³-hybridized carbons (Fsp3) is 0.357. The average Bonchev–Trinajstić information content (AvgIpc) is 2.57. The molecular formula is C14H19N3O. The van der Waals surface area contributed by atoms with E-state index in [9.17, 15) is 0 Å². The molecule has 0 unspecified atom stereocenters. The van der Waals surface area contributed by atoms with Gasteiger partial charge in [-0.3, -0.25) is 0 Å². The first kappa shape index (κ1) is 12.5. The monoisotopic (exact) mass is 245 g/mol. The van der Waals surface area contributed by atoms with Gasteiger partial charge in [0.05, 0.1) is 11.7 Å². The number of aromatic nitrogens is 2. The van der Waals surface area contributed by atoms with Gasteiger partial charge in [0.2, 0.25) is 5.88 Å². The first-order valence-electron chi connectivity index (χ1n) is 6.08. The summed E-state index contributed by atoms with van der Waals surface area (Å²) in [6, 6.07) is 8.09. The Hall–Kier alpha value is -1.97. The van der Waals surface area contributed by atoms with Crippen molar-refractivity contribution in [3.8, 4) is 11.6 Å². The van der Waals surface area contributed by atoms with Crippen LogP contribution in [0.2, 0.25) is 0 Å². The molecule has 96 valence electrons. The number of rotatable bonds is 3. The van der Waals surface area contributed by atoms with Crippen LogP contribution in [0.25, 0.3) is 0 Å². The van der Waals surface area contributed by atoms with E-state index in [1.165, 1.54) is 0 Å². The maximum Gasteiger partial charge on any atom is 0.241 e. The first-order valence-corrected chi connectivity index (χ1v) is 6.08. The summed E-state index contributed by atoms with van der Waals surface area (Å²) < 4.78 is 7.69. The predicted octanol–water partition coefficient (Wildman–Crippen LogP) is 3.46. The van der Waals surface area contributed by atoms with E-state index in [-0.39, 0.29) is 6.04 Å². The Morgan fingerprint density at radius 1 is 1.28 bits per heavy atom. The molecule has 2 N–H and O–H groups in total. The molecule has 0 radical (unpaired) electrons. The van der Waals surface area contributed by atoms with Crippen LogP contribution in [-0.4, -0.2) is 9.78 Å². The molecule has 18 heavy (non-hydrogen) atoms. The number of hydrogen-bond donors (Lipinski definition) is 1. The lowest BCUT2D eigenvalue weighted by atomic mass is 10.2. The van der Waals surface area contributed by atoms with Crippen LogP contribution in [0.1, 0.15) is 31.1 Å². The van der Waals surface area contributed by atoms with Gasteiger partial charge in [-0.1, -0.05) is 12.1 Å². The Morgan fingerprint density at radius 3 is 2.61 bits per heavy atom. The molecule has 0 bridgehead atoms. The summed E-state index contributed by atoms with van der Waals surface area (Å²) in [5, 5.41) is 4.39. The molecule has 2 aromatic rings. The van der Waals surface area contributed by atoms with Gasteiger partial charge < -0.3 is 10.5 Å². The third-order valence-corrected chi connectivity index (χ3v) is 2.78. The smallest absolute Gasteiger partial charge is 0.241 e. The molecule has 0 saturated carbocycles. The number of nitrogen functional groups attached to an aromatic ring is 1. The molecule has 0 spiro atoms. The Bertz CT molecular complexity index is 558. The van der Waals surface area contributed by atoms with Crippen LogP contribution in [0.15, 0.2) is 24.3 Å². The van der Waals surface area contributed by atoms with E-state index in [0.717, 1.165) is 17.0 Å². The Balaban J connectivity index is 2.39. The maximum atomic E-state index is 6.02. The Kier molecular flexibility index (Phi) is 3.28. The zero-order valence-corrected chi connectivity index (χ0v) is 11.3. The summed E-state index contributed by atoms with van der Waals surface area (Å²) in [6.07, 6.45) is 0. The van der Waals surface area contributed by atoms with Crippen LogP contribution >= 0.6 is 0 Å². The second-order valence-electron chi connectivity index (χ2n) is 4.76. The third kappa shape index (κ3) is 2.32. The highest BCUT2D eigenvalue weighted by molar-refractivity contribution is 5.54. The quantitative estimate of drug-likeness (QED) is 0.901. The number of aryl methyl sites for hydroxylation is 2. The highest BCUT2D eigenvalue weighted by atomic mass is 16.5. The first-order chi connectivity index (χ1) is 8.49. The summed E-state index contributed by atoms with van der Waals surface area (Å²) in [5.74, 6) is 1.40. The molecule has 0 aliphatic rings. The largest absolute Gasteiger partial charge is 0.437 e. The average molecular weight is 245 g/mol. The van der Waals surface area contributed by atoms with Crippen molar-refractivity contribution in [3.05, 3.63) is 35.5 Å². The van der Waals surface area contributed by atoms with Gasteiger partial charge >= 0.3 is 0 Å². The van der Waals surface area contributed by atoms with Crippen molar-refractivity contribution in [1.29, 1.82) is 0 Å². The third-order valence-electron chi connectivity index (χ3n) is 2.78. The Morgan fingerprint density at radius 2 is 2.00 bits per heavy atom. The second-order valence-corrected chi connectivity index (χ2v) is 4.76. The van der Waals surface area contributed by atoms with Crippen LogP contribution in [0.3, 0.4) is 0 Å². The van der Waals surface area contributed by atoms with Crippen molar-refractivity contribution in [2.45, 2.75) is 33.7 Å².